The SMILES string of the molecule is COc1ccc(NC(=O)c2ccc(OS(=O)(=O)c3cccc([N+](=O)[O-])c3)cc2)c(OC)c1. The summed E-state index contributed by atoms with van der Waals surface area (Å²) >= 11 is 0. The Morgan fingerprint density at radius 1 is 0.938 bits per heavy atom. The topological polar surface area (TPSA) is 134 Å². The molecule has 166 valence electrons. The number of carbonyl (C=O) groups is 1. The summed E-state index contributed by atoms with van der Waals surface area (Å²) in [6.45, 7) is 0. The third kappa shape index (κ3) is 5.13. The molecule has 0 saturated carbocycles. The van der Waals surface area contributed by atoms with Gasteiger partial charge in [0.1, 0.15) is 22.1 Å². The van der Waals surface area contributed by atoms with Crippen molar-refractivity contribution in [3.8, 4) is 17.2 Å². The molecule has 0 heterocycles. The van der Waals surface area contributed by atoms with Crippen LogP contribution in [-0.2, 0) is 10.1 Å². The lowest BCUT2D eigenvalue weighted by molar-refractivity contribution is -0.385. The second kappa shape index (κ2) is 9.35. The van der Waals surface area contributed by atoms with Gasteiger partial charge < -0.3 is 19.0 Å². The van der Waals surface area contributed by atoms with Gasteiger partial charge in [-0.15, -0.1) is 0 Å². The first kappa shape index (κ1) is 22.6. The minimum Gasteiger partial charge on any atom is -0.497 e. The van der Waals surface area contributed by atoms with Crippen molar-refractivity contribution in [1.29, 1.82) is 0 Å². The van der Waals surface area contributed by atoms with E-state index >= 15 is 0 Å². The van der Waals surface area contributed by atoms with Crippen LogP contribution in [0.3, 0.4) is 0 Å². The first-order valence-electron chi connectivity index (χ1n) is 9.06. The zero-order chi connectivity index (χ0) is 23.3. The quantitative estimate of drug-likeness (QED) is 0.307. The van der Waals surface area contributed by atoms with Gasteiger partial charge in [-0.25, -0.2) is 0 Å². The molecule has 0 aliphatic rings. The van der Waals surface area contributed by atoms with E-state index in [1.807, 2.05) is 0 Å². The molecule has 0 atom stereocenters. The summed E-state index contributed by atoms with van der Waals surface area (Å²) in [5.41, 5.74) is 0.283. The maximum Gasteiger partial charge on any atom is 0.339 e. The van der Waals surface area contributed by atoms with Gasteiger partial charge in [0.05, 0.1) is 24.8 Å². The van der Waals surface area contributed by atoms with Crippen LogP contribution in [0.5, 0.6) is 17.2 Å². The molecular formula is C21H18N2O8S. The van der Waals surface area contributed by atoms with Crippen molar-refractivity contribution in [2.75, 3.05) is 19.5 Å². The predicted octanol–water partition coefficient (Wildman–Crippen LogP) is 3.63. The van der Waals surface area contributed by atoms with Gasteiger partial charge in [0.15, 0.2) is 0 Å². The molecule has 0 unspecified atom stereocenters. The third-order valence-electron chi connectivity index (χ3n) is 4.30. The van der Waals surface area contributed by atoms with Crippen LogP contribution >= 0.6 is 0 Å². The highest BCUT2D eigenvalue weighted by molar-refractivity contribution is 7.87. The molecule has 0 aliphatic heterocycles. The lowest BCUT2D eigenvalue weighted by Crippen LogP contribution is -2.13. The number of nitrogens with zero attached hydrogens (tertiary/aromatic N) is 1. The Labute approximate surface area is 183 Å². The number of nitro benzene ring substituents is 1. The number of anilines is 1. The summed E-state index contributed by atoms with van der Waals surface area (Å²) in [7, 11) is -1.33. The zero-order valence-corrected chi connectivity index (χ0v) is 17.8. The first-order valence-corrected chi connectivity index (χ1v) is 10.5. The van der Waals surface area contributed by atoms with Crippen molar-refractivity contribution >= 4 is 27.4 Å². The molecule has 0 saturated heterocycles. The molecule has 3 aromatic rings. The van der Waals surface area contributed by atoms with Crippen LogP contribution in [-0.4, -0.2) is 33.5 Å². The average Bonchev–Trinajstić information content (AvgIpc) is 2.79. The average molecular weight is 458 g/mol. The zero-order valence-electron chi connectivity index (χ0n) is 17.0. The molecule has 3 aromatic carbocycles. The van der Waals surface area contributed by atoms with E-state index in [1.54, 1.807) is 18.2 Å². The number of ether oxygens (including phenoxy) is 2. The second-order valence-electron chi connectivity index (χ2n) is 6.34. The monoisotopic (exact) mass is 458 g/mol. The molecular weight excluding hydrogens is 440 g/mol. The Kier molecular flexibility index (Phi) is 6.59. The van der Waals surface area contributed by atoms with Crippen LogP contribution in [0.2, 0.25) is 0 Å². The van der Waals surface area contributed by atoms with E-state index in [4.69, 9.17) is 13.7 Å². The smallest absolute Gasteiger partial charge is 0.339 e. The molecule has 3 rings (SSSR count). The van der Waals surface area contributed by atoms with Gasteiger partial charge in [-0.05, 0) is 42.5 Å². The van der Waals surface area contributed by atoms with Crippen LogP contribution in [0.4, 0.5) is 11.4 Å². The highest BCUT2D eigenvalue weighted by Gasteiger charge is 2.20. The highest BCUT2D eigenvalue weighted by atomic mass is 32.2. The Balaban J connectivity index is 1.74. The molecule has 0 aliphatic carbocycles. The molecule has 0 spiro atoms. The van der Waals surface area contributed by atoms with Crippen LogP contribution < -0.4 is 19.0 Å². The fourth-order valence-corrected chi connectivity index (χ4v) is 3.66. The normalized spacial score (nSPS) is 10.8. The van der Waals surface area contributed by atoms with Gasteiger partial charge in [0.2, 0.25) is 0 Å². The van der Waals surface area contributed by atoms with Gasteiger partial charge in [0.25, 0.3) is 11.6 Å². The lowest BCUT2D eigenvalue weighted by Gasteiger charge is -2.12. The van der Waals surface area contributed by atoms with E-state index in [0.717, 1.165) is 6.07 Å². The summed E-state index contributed by atoms with van der Waals surface area (Å²) < 4.78 is 40.2. The van der Waals surface area contributed by atoms with E-state index in [2.05, 4.69) is 5.32 Å². The first-order chi connectivity index (χ1) is 15.2. The van der Waals surface area contributed by atoms with Crippen molar-refractivity contribution < 1.29 is 31.8 Å². The molecule has 0 bridgehead atoms. The van der Waals surface area contributed by atoms with E-state index < -0.39 is 20.9 Å². The molecule has 0 radical (unpaired) electrons. The van der Waals surface area contributed by atoms with Crippen molar-refractivity contribution in [2.24, 2.45) is 0 Å². The number of hydrogen-bond donors (Lipinski definition) is 1. The summed E-state index contributed by atoms with van der Waals surface area (Å²) in [5.74, 6) is 0.448. The molecule has 0 fully saturated rings. The van der Waals surface area contributed by atoms with Gasteiger partial charge >= 0.3 is 10.1 Å². The Morgan fingerprint density at radius 3 is 2.25 bits per heavy atom. The summed E-state index contributed by atoms with van der Waals surface area (Å²) in [6.07, 6.45) is 0. The third-order valence-corrected chi connectivity index (χ3v) is 5.54. The maximum absolute atomic E-state index is 12.5. The number of non-ortho nitro benzene ring substituents is 1. The highest BCUT2D eigenvalue weighted by Crippen LogP contribution is 2.29. The lowest BCUT2D eigenvalue weighted by atomic mass is 10.2. The summed E-state index contributed by atoms with van der Waals surface area (Å²) in [4.78, 5) is 22.3. The number of rotatable bonds is 8. The number of nitro groups is 1. The van der Waals surface area contributed by atoms with E-state index in [-0.39, 0.29) is 21.9 Å². The molecule has 11 heteroatoms. The number of hydrogen-bond acceptors (Lipinski definition) is 8. The van der Waals surface area contributed by atoms with E-state index in [9.17, 15) is 23.3 Å². The van der Waals surface area contributed by atoms with Crippen LogP contribution in [0.1, 0.15) is 10.4 Å². The number of amides is 1. The van der Waals surface area contributed by atoms with E-state index in [1.165, 1.54) is 56.7 Å². The van der Waals surface area contributed by atoms with Crippen LogP contribution in [0.25, 0.3) is 0 Å². The second-order valence-corrected chi connectivity index (χ2v) is 7.88. The number of methoxy groups -OCH3 is 2. The van der Waals surface area contributed by atoms with Crippen LogP contribution in [0.15, 0.2) is 71.6 Å². The summed E-state index contributed by atoms with van der Waals surface area (Å²) in [5, 5.41) is 13.6. The van der Waals surface area contributed by atoms with Crippen molar-refractivity contribution in [3.63, 3.8) is 0 Å². The largest absolute Gasteiger partial charge is 0.497 e. The van der Waals surface area contributed by atoms with Crippen molar-refractivity contribution in [1.82, 2.24) is 0 Å². The number of benzene rings is 3. The van der Waals surface area contributed by atoms with Gasteiger partial charge in [-0.3, -0.25) is 14.9 Å². The maximum atomic E-state index is 12.5. The van der Waals surface area contributed by atoms with Crippen molar-refractivity contribution in [2.45, 2.75) is 4.90 Å². The van der Waals surface area contributed by atoms with Gasteiger partial charge in [-0.2, -0.15) is 8.42 Å². The fourth-order valence-electron chi connectivity index (χ4n) is 2.69. The molecule has 32 heavy (non-hydrogen) atoms. The standard InChI is InChI=1S/C21H18N2O8S/c1-29-17-10-11-19(20(13-17)30-2)22-21(24)14-6-8-16(9-7-14)31-32(27,28)18-5-3-4-15(12-18)23(25)26/h3-13H,1-2H3,(H,22,24). The molecule has 0 aromatic heterocycles. The Morgan fingerprint density at radius 2 is 1.62 bits per heavy atom. The van der Waals surface area contributed by atoms with Crippen molar-refractivity contribution in [3.05, 3.63) is 82.4 Å². The van der Waals surface area contributed by atoms with Gasteiger partial charge in [0, 0.05) is 23.8 Å². The number of nitrogens with one attached hydrogen (secondary N) is 1. The Hall–Kier alpha value is -4.12. The molecule has 10 nitrogen and oxygen atoms in total. The van der Waals surface area contributed by atoms with Crippen LogP contribution in [0, 0.1) is 10.1 Å². The summed E-state index contributed by atoms with van der Waals surface area (Å²) in [6, 6.07) is 14.8. The van der Waals surface area contributed by atoms with Gasteiger partial charge in [-0.1, -0.05) is 6.07 Å². The predicted molar refractivity (Wildman–Crippen MR) is 115 cm³/mol. The minimum atomic E-state index is -4.30. The number of carbonyl (C=O) groups excluding carboxylic acids is 1. The molecule has 1 N–H and O–H groups in total. The van der Waals surface area contributed by atoms with E-state index in [0.29, 0.717) is 17.2 Å². The minimum absolute atomic E-state index is 0.0601. The molecule has 1 amide bonds. The fraction of sp³-hybridized carbons (Fsp3) is 0.0952. The Bertz CT molecular complexity index is 1260.